The van der Waals surface area contributed by atoms with Crippen LogP contribution in [0.4, 0.5) is 0 Å². The summed E-state index contributed by atoms with van der Waals surface area (Å²) in [5, 5.41) is 30.5. The molecule has 0 aromatic rings. The fourth-order valence-corrected chi connectivity index (χ4v) is 6.02. The van der Waals surface area contributed by atoms with Crippen molar-refractivity contribution in [3.05, 3.63) is 23.3 Å². The van der Waals surface area contributed by atoms with E-state index in [2.05, 4.69) is 19.9 Å². The molecule has 1 fully saturated rings. The van der Waals surface area contributed by atoms with Gasteiger partial charge in [0.15, 0.2) is 0 Å². The van der Waals surface area contributed by atoms with Gasteiger partial charge in [0, 0.05) is 18.3 Å². The highest BCUT2D eigenvalue weighted by Gasteiger charge is 2.53. The lowest BCUT2D eigenvalue weighted by Crippen LogP contribution is -2.44. The molecule has 204 valence electrons. The van der Waals surface area contributed by atoms with Crippen molar-refractivity contribution in [1.29, 1.82) is 0 Å². The summed E-state index contributed by atoms with van der Waals surface area (Å²) in [5.74, 6) is -1.98. The highest BCUT2D eigenvalue weighted by atomic mass is 16.6. The first-order valence-electron chi connectivity index (χ1n) is 12.9. The van der Waals surface area contributed by atoms with Crippen LogP contribution in [0, 0.1) is 17.3 Å². The minimum Gasteiger partial charge on any atom is -0.481 e. The van der Waals surface area contributed by atoms with Gasteiger partial charge in [-0.25, -0.2) is 0 Å². The Bertz CT molecular complexity index is 884. The van der Waals surface area contributed by atoms with Gasteiger partial charge in [0.1, 0.15) is 12.2 Å². The van der Waals surface area contributed by atoms with Crippen molar-refractivity contribution in [3.63, 3.8) is 0 Å². The third-order valence-electron chi connectivity index (χ3n) is 7.98. The molecule has 0 radical (unpaired) electrons. The largest absolute Gasteiger partial charge is 0.481 e. The summed E-state index contributed by atoms with van der Waals surface area (Å²) in [6.45, 7) is 10.8. The molecule has 0 saturated heterocycles. The molecule has 0 aliphatic heterocycles. The van der Waals surface area contributed by atoms with Gasteiger partial charge in [-0.15, -0.1) is 0 Å². The minimum atomic E-state index is -1.70. The summed E-state index contributed by atoms with van der Waals surface area (Å²) >= 11 is 0. The van der Waals surface area contributed by atoms with E-state index >= 15 is 0 Å². The molecule has 0 bridgehead atoms. The normalized spacial score (nSPS) is 31.9. The molecule has 1 unspecified atom stereocenters. The number of aliphatic carboxylic acids is 1. The number of hydrogen-bond donors (Lipinski definition) is 3. The number of esters is 2. The number of allylic oxidation sites excluding steroid dienone is 2. The molecule has 8 heteroatoms. The molecule has 2 rings (SSSR count). The van der Waals surface area contributed by atoms with Crippen LogP contribution in [-0.2, 0) is 23.9 Å². The summed E-state index contributed by atoms with van der Waals surface area (Å²) in [5.41, 5.74) is -0.749. The van der Waals surface area contributed by atoms with E-state index in [4.69, 9.17) is 14.6 Å². The van der Waals surface area contributed by atoms with Crippen molar-refractivity contribution in [2.45, 2.75) is 110 Å². The molecule has 0 spiro atoms. The Balaban J connectivity index is 2.25. The topological polar surface area (TPSA) is 130 Å². The smallest absolute Gasteiger partial charge is 0.309 e. The molecule has 5 atom stereocenters. The molecule has 36 heavy (non-hydrogen) atoms. The molecule has 0 aromatic carbocycles. The predicted molar refractivity (Wildman–Crippen MR) is 135 cm³/mol. The van der Waals surface area contributed by atoms with Crippen molar-refractivity contribution in [2.75, 3.05) is 6.61 Å². The molecular formula is C28H44O8. The van der Waals surface area contributed by atoms with Crippen molar-refractivity contribution < 1.29 is 39.2 Å². The van der Waals surface area contributed by atoms with Gasteiger partial charge in [-0.1, -0.05) is 24.6 Å². The number of carboxylic acids is 1. The van der Waals surface area contributed by atoms with Gasteiger partial charge in [-0.05, 0) is 77.7 Å². The van der Waals surface area contributed by atoms with Gasteiger partial charge in [0.2, 0.25) is 0 Å². The van der Waals surface area contributed by atoms with Crippen molar-refractivity contribution in [3.8, 4) is 0 Å². The zero-order valence-electron chi connectivity index (χ0n) is 22.6. The van der Waals surface area contributed by atoms with E-state index in [1.807, 2.05) is 13.8 Å². The minimum absolute atomic E-state index is 0.0327. The SMILES string of the molecule is CC(=O)OC(C)(C)[C@H]1CC[C@@]2(C)[C@H](O)/C=C(/COC(=O)CC(C)(O)CC(=O)O)CC/C=C(\C)CC[C@H]12. The Hall–Kier alpha value is -2.19. The number of carbonyl (C=O) groups excluding carboxylic acids is 2. The number of fused-ring (bicyclic) bond motifs is 1. The monoisotopic (exact) mass is 508 g/mol. The quantitative estimate of drug-likeness (QED) is 0.326. The second-order valence-electron chi connectivity index (χ2n) is 11.8. The van der Waals surface area contributed by atoms with Crippen LogP contribution in [0.3, 0.4) is 0 Å². The first-order chi connectivity index (χ1) is 16.6. The molecule has 2 aliphatic carbocycles. The highest BCUT2D eigenvalue weighted by molar-refractivity contribution is 5.74. The van der Waals surface area contributed by atoms with Crippen LogP contribution in [-0.4, -0.2) is 57.1 Å². The van der Waals surface area contributed by atoms with E-state index in [-0.39, 0.29) is 24.4 Å². The zero-order chi connectivity index (χ0) is 27.3. The van der Waals surface area contributed by atoms with Crippen LogP contribution in [0.5, 0.6) is 0 Å². The summed E-state index contributed by atoms with van der Waals surface area (Å²) in [4.78, 5) is 35.0. The zero-order valence-corrected chi connectivity index (χ0v) is 22.6. The number of aliphatic hydroxyl groups excluding tert-OH is 1. The van der Waals surface area contributed by atoms with Crippen LogP contribution in [0.2, 0.25) is 0 Å². The molecule has 3 N–H and O–H groups in total. The molecule has 0 amide bonds. The van der Waals surface area contributed by atoms with E-state index < -0.39 is 47.5 Å². The van der Waals surface area contributed by atoms with Gasteiger partial charge in [-0.2, -0.15) is 0 Å². The van der Waals surface area contributed by atoms with E-state index in [1.165, 1.54) is 19.4 Å². The van der Waals surface area contributed by atoms with E-state index in [1.54, 1.807) is 6.08 Å². The molecule has 0 aromatic heterocycles. The van der Waals surface area contributed by atoms with E-state index in [0.29, 0.717) is 6.42 Å². The maximum absolute atomic E-state index is 12.3. The second-order valence-corrected chi connectivity index (χ2v) is 11.8. The van der Waals surface area contributed by atoms with Crippen LogP contribution < -0.4 is 0 Å². The van der Waals surface area contributed by atoms with Crippen LogP contribution in [0.1, 0.15) is 92.9 Å². The van der Waals surface area contributed by atoms with Crippen LogP contribution >= 0.6 is 0 Å². The molecule has 0 heterocycles. The lowest BCUT2D eigenvalue weighted by Gasteiger charge is -2.42. The van der Waals surface area contributed by atoms with E-state index in [0.717, 1.165) is 37.7 Å². The maximum atomic E-state index is 12.3. The first kappa shape index (κ1) is 30.0. The third kappa shape index (κ3) is 8.17. The van der Waals surface area contributed by atoms with E-state index in [9.17, 15) is 24.6 Å². The predicted octanol–water partition coefficient (Wildman–Crippen LogP) is 4.33. The van der Waals surface area contributed by atoms with Crippen molar-refractivity contribution >= 4 is 17.9 Å². The molecule has 1 saturated carbocycles. The summed E-state index contributed by atoms with van der Waals surface area (Å²) in [7, 11) is 0. The summed E-state index contributed by atoms with van der Waals surface area (Å²) < 4.78 is 11.1. The fourth-order valence-electron chi connectivity index (χ4n) is 6.02. The first-order valence-corrected chi connectivity index (χ1v) is 12.9. The van der Waals surface area contributed by atoms with Crippen molar-refractivity contribution in [1.82, 2.24) is 0 Å². The van der Waals surface area contributed by atoms with Gasteiger partial charge in [0.05, 0.1) is 24.5 Å². The molecular weight excluding hydrogens is 464 g/mol. The van der Waals surface area contributed by atoms with Crippen LogP contribution in [0.15, 0.2) is 23.3 Å². The third-order valence-corrected chi connectivity index (χ3v) is 7.98. The Labute approximate surface area is 214 Å². The van der Waals surface area contributed by atoms with Gasteiger partial charge in [-0.3, -0.25) is 14.4 Å². The Morgan fingerprint density at radius 1 is 1.14 bits per heavy atom. The number of rotatable bonds is 8. The summed E-state index contributed by atoms with van der Waals surface area (Å²) in [6, 6.07) is 0. The fraction of sp³-hybridized carbons (Fsp3) is 0.750. The molecule has 2 aliphatic rings. The van der Waals surface area contributed by atoms with Crippen molar-refractivity contribution in [2.24, 2.45) is 17.3 Å². The number of ether oxygens (including phenoxy) is 2. The lowest BCUT2D eigenvalue weighted by molar-refractivity contribution is -0.162. The standard InChI is InChI=1S/C28H44O8/c1-18-8-7-9-20(17-35-25(33)16-27(5,34)15-24(31)32)14-23(30)28(6)13-12-21(22(28)11-10-18)26(3,4)36-19(2)29/h8,14,21-23,30,34H,7,9-13,15-17H2,1-6H3,(H,31,32)/b18-8+,20-14+/t21-,22+,23+,27?,28+/m0/s1. The van der Waals surface area contributed by atoms with Gasteiger partial charge in [0.25, 0.3) is 0 Å². The summed E-state index contributed by atoms with van der Waals surface area (Å²) in [6.07, 6.45) is 6.93. The number of carboxylic acid groups (broad SMARTS) is 1. The second kappa shape index (κ2) is 11.9. The highest BCUT2D eigenvalue weighted by Crippen LogP contribution is 2.55. The average Bonchev–Trinajstić information content (AvgIpc) is 3.05. The number of hydrogen-bond acceptors (Lipinski definition) is 7. The lowest BCUT2D eigenvalue weighted by atomic mass is 9.67. The van der Waals surface area contributed by atoms with Gasteiger partial charge >= 0.3 is 17.9 Å². The Kier molecular flexibility index (Phi) is 9.93. The number of carbonyl (C=O) groups is 3. The molecule has 8 nitrogen and oxygen atoms in total. The Morgan fingerprint density at radius 2 is 1.81 bits per heavy atom. The maximum Gasteiger partial charge on any atom is 0.309 e. The average molecular weight is 509 g/mol. The number of aliphatic hydroxyl groups is 2. The van der Waals surface area contributed by atoms with Crippen LogP contribution in [0.25, 0.3) is 0 Å². The van der Waals surface area contributed by atoms with Gasteiger partial charge < -0.3 is 24.8 Å². The Morgan fingerprint density at radius 3 is 2.42 bits per heavy atom.